The fourth-order valence-corrected chi connectivity index (χ4v) is 3.91. The number of carbonyl (C=O) groups is 2. The van der Waals surface area contributed by atoms with Crippen LogP contribution in [-0.4, -0.2) is 35.8 Å². The van der Waals surface area contributed by atoms with Crippen molar-refractivity contribution in [3.8, 4) is 0 Å². The Morgan fingerprint density at radius 1 is 1.12 bits per heavy atom. The van der Waals surface area contributed by atoms with Crippen LogP contribution >= 0.6 is 11.6 Å². The van der Waals surface area contributed by atoms with E-state index in [2.05, 4.69) is 10.6 Å². The Morgan fingerprint density at radius 3 is 2.41 bits per heavy atom. The lowest BCUT2D eigenvalue weighted by molar-refractivity contribution is -0.137. The summed E-state index contributed by atoms with van der Waals surface area (Å²) in [6.07, 6.45) is -3.48. The van der Waals surface area contributed by atoms with Crippen LogP contribution in [0, 0.1) is 5.92 Å². The number of alkyl halides is 3. The van der Waals surface area contributed by atoms with E-state index >= 15 is 0 Å². The van der Waals surface area contributed by atoms with E-state index in [9.17, 15) is 22.8 Å². The van der Waals surface area contributed by atoms with Crippen molar-refractivity contribution in [3.05, 3.63) is 64.7 Å². The second kappa shape index (κ2) is 10.4. The van der Waals surface area contributed by atoms with Gasteiger partial charge in [-0.1, -0.05) is 41.9 Å². The average Bonchev–Trinajstić information content (AvgIpc) is 2.78. The highest BCUT2D eigenvalue weighted by atomic mass is 35.5. The Kier molecular flexibility index (Phi) is 7.79. The minimum Gasteiger partial charge on any atom is -0.352 e. The Bertz CT molecular complexity index is 945. The first kappa shape index (κ1) is 24.1. The maximum Gasteiger partial charge on any atom is 0.418 e. The Labute approximate surface area is 189 Å². The molecule has 0 radical (unpaired) electrons. The zero-order valence-corrected chi connectivity index (χ0v) is 18.3. The second-order valence-corrected chi connectivity index (χ2v) is 8.30. The SMILES string of the molecule is CC(C(=O)Nc1ccc(Cl)cc1C(F)(F)F)N1CCC(C(=O)NCc2ccccc2)CC1. The number of anilines is 1. The first-order valence-corrected chi connectivity index (χ1v) is 10.8. The van der Waals surface area contributed by atoms with Crippen LogP contribution in [0.15, 0.2) is 48.5 Å². The molecule has 2 amide bonds. The lowest BCUT2D eigenvalue weighted by Gasteiger charge is -2.34. The fraction of sp³-hybridized carbons (Fsp3) is 0.391. The minimum absolute atomic E-state index is 0.0263. The topological polar surface area (TPSA) is 61.4 Å². The number of piperidine rings is 1. The predicted molar refractivity (Wildman–Crippen MR) is 117 cm³/mol. The van der Waals surface area contributed by atoms with Crippen molar-refractivity contribution in [2.75, 3.05) is 18.4 Å². The summed E-state index contributed by atoms with van der Waals surface area (Å²) in [7, 11) is 0. The first-order chi connectivity index (χ1) is 15.1. The van der Waals surface area contributed by atoms with Gasteiger partial charge in [0.2, 0.25) is 11.8 Å². The van der Waals surface area contributed by atoms with Crippen molar-refractivity contribution in [1.29, 1.82) is 0 Å². The lowest BCUT2D eigenvalue weighted by Crippen LogP contribution is -2.48. The van der Waals surface area contributed by atoms with E-state index in [4.69, 9.17) is 11.6 Å². The Hall–Kier alpha value is -2.58. The maximum atomic E-state index is 13.3. The number of likely N-dealkylation sites (tertiary alicyclic amines) is 1. The molecule has 0 aromatic heterocycles. The molecule has 172 valence electrons. The first-order valence-electron chi connectivity index (χ1n) is 10.4. The van der Waals surface area contributed by atoms with Gasteiger partial charge in [0.1, 0.15) is 0 Å². The van der Waals surface area contributed by atoms with Crippen molar-refractivity contribution >= 4 is 29.1 Å². The summed E-state index contributed by atoms with van der Waals surface area (Å²) in [5.41, 5.74) is -0.294. The molecule has 1 atom stereocenters. The van der Waals surface area contributed by atoms with Crippen LogP contribution in [0.3, 0.4) is 0 Å². The van der Waals surface area contributed by atoms with Crippen LogP contribution in [0.25, 0.3) is 0 Å². The van der Waals surface area contributed by atoms with Crippen molar-refractivity contribution in [1.82, 2.24) is 10.2 Å². The van der Waals surface area contributed by atoms with Gasteiger partial charge >= 0.3 is 6.18 Å². The minimum atomic E-state index is -4.64. The number of rotatable bonds is 6. The third-order valence-electron chi connectivity index (χ3n) is 5.68. The van der Waals surface area contributed by atoms with Gasteiger partial charge < -0.3 is 10.6 Å². The van der Waals surface area contributed by atoms with Crippen LogP contribution in [0.4, 0.5) is 18.9 Å². The third kappa shape index (κ3) is 6.23. The van der Waals surface area contributed by atoms with Crippen molar-refractivity contribution in [2.24, 2.45) is 5.92 Å². The highest BCUT2D eigenvalue weighted by molar-refractivity contribution is 6.30. The summed E-state index contributed by atoms with van der Waals surface area (Å²) in [6, 6.07) is 12.2. The Balaban J connectivity index is 1.52. The van der Waals surface area contributed by atoms with E-state index in [1.54, 1.807) is 6.92 Å². The molecule has 0 spiro atoms. The molecule has 1 saturated heterocycles. The number of hydrogen-bond donors (Lipinski definition) is 2. The summed E-state index contributed by atoms with van der Waals surface area (Å²) in [4.78, 5) is 26.9. The smallest absolute Gasteiger partial charge is 0.352 e. The van der Waals surface area contributed by atoms with Crippen molar-refractivity contribution in [3.63, 3.8) is 0 Å². The highest BCUT2D eigenvalue weighted by Gasteiger charge is 2.35. The summed E-state index contributed by atoms with van der Waals surface area (Å²) in [5, 5.41) is 5.25. The zero-order valence-electron chi connectivity index (χ0n) is 17.6. The molecular formula is C23H25ClF3N3O2. The molecule has 9 heteroatoms. The molecule has 2 N–H and O–H groups in total. The van der Waals surface area contributed by atoms with E-state index in [1.807, 2.05) is 35.2 Å². The maximum absolute atomic E-state index is 13.3. The van der Waals surface area contributed by atoms with Crippen LogP contribution < -0.4 is 10.6 Å². The number of nitrogens with zero attached hydrogens (tertiary/aromatic N) is 1. The van der Waals surface area contributed by atoms with Gasteiger partial charge in [0, 0.05) is 17.5 Å². The molecule has 0 aliphatic carbocycles. The number of nitrogens with one attached hydrogen (secondary N) is 2. The number of halogens is 4. The summed E-state index contributed by atoms with van der Waals surface area (Å²) in [6.45, 7) is 3.12. The monoisotopic (exact) mass is 467 g/mol. The molecule has 3 rings (SSSR count). The zero-order chi connectivity index (χ0) is 23.3. The summed E-state index contributed by atoms with van der Waals surface area (Å²) >= 11 is 5.69. The standard InChI is InChI=1S/C23H25ClF3N3O2/c1-15(21(31)29-20-8-7-18(24)13-19(20)23(25,26)27)30-11-9-17(10-12-30)22(32)28-14-16-5-3-2-4-6-16/h2-8,13,15,17H,9-12,14H2,1H3,(H,28,32)(H,29,31). The largest absolute Gasteiger partial charge is 0.418 e. The van der Waals surface area contributed by atoms with E-state index < -0.39 is 23.7 Å². The van der Waals surface area contributed by atoms with E-state index in [1.165, 1.54) is 6.07 Å². The molecule has 1 unspecified atom stereocenters. The molecule has 1 aliphatic heterocycles. The molecule has 1 aliphatic rings. The van der Waals surface area contributed by atoms with Gasteiger partial charge in [-0.3, -0.25) is 14.5 Å². The van der Waals surface area contributed by atoms with Gasteiger partial charge in [-0.25, -0.2) is 0 Å². The van der Waals surface area contributed by atoms with Gasteiger partial charge in [0.25, 0.3) is 0 Å². The fourth-order valence-electron chi connectivity index (χ4n) is 3.74. The normalized spacial score (nSPS) is 16.4. The van der Waals surface area contributed by atoms with Crippen LogP contribution in [-0.2, 0) is 22.3 Å². The number of amides is 2. The molecule has 2 aromatic rings. The van der Waals surface area contributed by atoms with Crippen molar-refractivity contribution < 1.29 is 22.8 Å². The second-order valence-electron chi connectivity index (χ2n) is 7.87. The Morgan fingerprint density at radius 2 is 1.78 bits per heavy atom. The molecule has 0 saturated carbocycles. The summed E-state index contributed by atoms with van der Waals surface area (Å²) < 4.78 is 39.8. The third-order valence-corrected chi connectivity index (χ3v) is 5.92. The van der Waals surface area contributed by atoms with Crippen LogP contribution in [0.5, 0.6) is 0 Å². The molecule has 5 nitrogen and oxygen atoms in total. The summed E-state index contributed by atoms with van der Waals surface area (Å²) in [5.74, 6) is -0.718. The molecule has 0 bridgehead atoms. The predicted octanol–water partition coefficient (Wildman–Crippen LogP) is 4.71. The molecular weight excluding hydrogens is 443 g/mol. The van der Waals surface area contributed by atoms with E-state index in [0.717, 1.165) is 17.7 Å². The average molecular weight is 468 g/mol. The van der Waals surface area contributed by atoms with E-state index in [-0.39, 0.29) is 22.5 Å². The molecule has 1 heterocycles. The van der Waals surface area contributed by atoms with Gasteiger partial charge in [-0.2, -0.15) is 13.2 Å². The quantitative estimate of drug-likeness (QED) is 0.646. The molecule has 32 heavy (non-hydrogen) atoms. The van der Waals surface area contributed by atoms with Crippen molar-refractivity contribution in [2.45, 2.75) is 38.5 Å². The number of benzene rings is 2. The molecule has 1 fully saturated rings. The van der Waals surface area contributed by atoms with Gasteiger partial charge in [-0.05, 0) is 56.6 Å². The van der Waals surface area contributed by atoms with Gasteiger partial charge in [0.05, 0.1) is 17.3 Å². The van der Waals surface area contributed by atoms with Gasteiger partial charge in [0.15, 0.2) is 0 Å². The molecule has 2 aromatic carbocycles. The van der Waals surface area contributed by atoms with Gasteiger partial charge in [-0.15, -0.1) is 0 Å². The highest BCUT2D eigenvalue weighted by Crippen LogP contribution is 2.36. The number of hydrogen-bond acceptors (Lipinski definition) is 3. The van der Waals surface area contributed by atoms with Crippen LogP contribution in [0.2, 0.25) is 5.02 Å². The van der Waals surface area contributed by atoms with E-state index in [0.29, 0.717) is 32.5 Å². The lowest BCUT2D eigenvalue weighted by atomic mass is 9.94. The van der Waals surface area contributed by atoms with Crippen LogP contribution in [0.1, 0.15) is 30.9 Å². The number of carbonyl (C=O) groups excluding carboxylic acids is 2.